The molecule has 7 nitrogen and oxygen atoms in total. The zero-order valence-electron chi connectivity index (χ0n) is 18.4. The summed E-state index contributed by atoms with van der Waals surface area (Å²) in [5, 5.41) is 8.55. The van der Waals surface area contributed by atoms with Crippen molar-refractivity contribution < 1.29 is 9.59 Å². The Morgan fingerprint density at radius 2 is 1.65 bits per heavy atom. The van der Waals surface area contributed by atoms with Gasteiger partial charge < -0.3 is 5.32 Å². The van der Waals surface area contributed by atoms with Gasteiger partial charge in [0.15, 0.2) is 5.69 Å². The average molecular weight is 438 g/mol. The molecule has 0 unspecified atom stereocenters. The number of nitrogens with zero attached hydrogens (tertiary/aromatic N) is 4. The van der Waals surface area contributed by atoms with Crippen LogP contribution in [-0.2, 0) is 4.79 Å². The highest BCUT2D eigenvalue weighted by Crippen LogP contribution is 2.31. The van der Waals surface area contributed by atoms with Crippen LogP contribution in [0.3, 0.4) is 0 Å². The van der Waals surface area contributed by atoms with E-state index < -0.39 is 17.5 Å². The lowest BCUT2D eigenvalue weighted by atomic mass is 9.99. The molecule has 0 saturated carbocycles. The van der Waals surface area contributed by atoms with Crippen molar-refractivity contribution >= 4 is 29.0 Å². The molecule has 162 valence electrons. The third-order valence-electron chi connectivity index (χ3n) is 4.66. The van der Waals surface area contributed by atoms with Gasteiger partial charge in [0.1, 0.15) is 6.04 Å². The maximum Gasteiger partial charge on any atom is 0.280 e. The van der Waals surface area contributed by atoms with Gasteiger partial charge in [0.2, 0.25) is 5.91 Å². The number of carbonyl (C=O) groups is 2. The summed E-state index contributed by atoms with van der Waals surface area (Å²) in [5.41, 5.74) is 2.13. The van der Waals surface area contributed by atoms with Crippen LogP contribution in [-0.4, -0.2) is 31.9 Å². The van der Waals surface area contributed by atoms with E-state index in [1.54, 1.807) is 29.9 Å². The zero-order chi connectivity index (χ0) is 22.6. The van der Waals surface area contributed by atoms with Gasteiger partial charge in [-0.1, -0.05) is 30.5 Å². The van der Waals surface area contributed by atoms with E-state index in [1.807, 2.05) is 45.0 Å². The molecular weight excluding hydrogens is 410 g/mol. The van der Waals surface area contributed by atoms with E-state index in [4.69, 9.17) is 0 Å². The van der Waals surface area contributed by atoms with Gasteiger partial charge in [-0.25, -0.2) is 0 Å². The van der Waals surface area contributed by atoms with Crippen molar-refractivity contribution in [3.05, 3.63) is 71.0 Å². The van der Waals surface area contributed by atoms with Crippen molar-refractivity contribution in [2.45, 2.75) is 52.1 Å². The molecule has 2 aromatic heterocycles. The van der Waals surface area contributed by atoms with Crippen LogP contribution in [0.1, 0.15) is 68.2 Å². The molecule has 8 heteroatoms. The molecule has 0 bridgehead atoms. The Hall–Kier alpha value is -3.13. The first kappa shape index (κ1) is 22.6. The molecule has 1 aromatic carbocycles. The summed E-state index contributed by atoms with van der Waals surface area (Å²) in [4.78, 5) is 32.6. The zero-order valence-corrected chi connectivity index (χ0v) is 19.2. The third kappa shape index (κ3) is 5.52. The van der Waals surface area contributed by atoms with Crippen LogP contribution in [0.4, 0.5) is 5.69 Å². The van der Waals surface area contributed by atoms with Gasteiger partial charge >= 0.3 is 0 Å². The Kier molecular flexibility index (Phi) is 6.80. The highest BCUT2D eigenvalue weighted by Gasteiger charge is 2.35. The fourth-order valence-electron chi connectivity index (χ4n) is 3.19. The van der Waals surface area contributed by atoms with Gasteiger partial charge in [-0.05, 0) is 73.6 Å². The number of nitrogens with one attached hydrogen (secondary N) is 1. The van der Waals surface area contributed by atoms with Crippen molar-refractivity contribution in [1.29, 1.82) is 0 Å². The normalized spacial score (nSPS) is 12.5. The second-order valence-corrected chi connectivity index (χ2v) is 9.24. The first-order valence-electron chi connectivity index (χ1n) is 10.1. The first-order chi connectivity index (χ1) is 14.7. The number of aromatic nitrogens is 3. The SMILES string of the molecule is CC(C)c1ccc(N(C(=O)c2csnn2)[C@H](C(=O)NC(C)(C)C)c2ccncc2)cc1. The second kappa shape index (κ2) is 9.34. The van der Waals surface area contributed by atoms with E-state index in [1.165, 1.54) is 4.90 Å². The number of pyridine rings is 1. The number of anilines is 1. The quantitative estimate of drug-likeness (QED) is 0.619. The summed E-state index contributed by atoms with van der Waals surface area (Å²) in [7, 11) is 0. The third-order valence-corrected chi connectivity index (χ3v) is 5.17. The summed E-state index contributed by atoms with van der Waals surface area (Å²) in [5.74, 6) is -0.332. The van der Waals surface area contributed by atoms with Gasteiger partial charge in [-0.15, -0.1) is 5.10 Å². The van der Waals surface area contributed by atoms with E-state index >= 15 is 0 Å². The number of rotatable bonds is 6. The van der Waals surface area contributed by atoms with E-state index in [0.29, 0.717) is 17.2 Å². The highest BCUT2D eigenvalue weighted by molar-refractivity contribution is 7.03. The number of benzene rings is 1. The van der Waals surface area contributed by atoms with Crippen LogP contribution in [0, 0.1) is 0 Å². The van der Waals surface area contributed by atoms with Crippen LogP contribution >= 0.6 is 11.5 Å². The van der Waals surface area contributed by atoms with Gasteiger partial charge in [0.25, 0.3) is 5.91 Å². The van der Waals surface area contributed by atoms with Gasteiger partial charge in [-0.3, -0.25) is 19.5 Å². The molecule has 2 heterocycles. The predicted molar refractivity (Wildman–Crippen MR) is 122 cm³/mol. The van der Waals surface area contributed by atoms with Crippen LogP contribution in [0.15, 0.2) is 54.2 Å². The smallest absolute Gasteiger partial charge is 0.280 e. The highest BCUT2D eigenvalue weighted by atomic mass is 32.1. The maximum atomic E-state index is 13.5. The van der Waals surface area contributed by atoms with E-state index in [0.717, 1.165) is 17.1 Å². The predicted octanol–water partition coefficient (Wildman–Crippen LogP) is 4.36. The molecule has 3 rings (SSSR count). The summed E-state index contributed by atoms with van der Waals surface area (Å²) in [6.07, 6.45) is 3.23. The lowest BCUT2D eigenvalue weighted by molar-refractivity contribution is -0.123. The standard InChI is InChI=1S/C23H27N5O2S/c1-15(2)16-6-8-18(9-7-16)28(22(30)19-14-31-27-26-19)20(17-10-12-24-13-11-17)21(29)25-23(3,4)5/h6-15,20H,1-5H3,(H,25,29)/t20-/m0/s1. The minimum atomic E-state index is -0.902. The van der Waals surface area contributed by atoms with E-state index in [9.17, 15) is 9.59 Å². The molecule has 0 spiro atoms. The second-order valence-electron chi connectivity index (χ2n) is 8.63. The molecule has 1 atom stereocenters. The summed E-state index contributed by atoms with van der Waals surface area (Å²) < 4.78 is 3.83. The average Bonchev–Trinajstić information content (AvgIpc) is 3.26. The fraction of sp³-hybridized carbons (Fsp3) is 0.348. The van der Waals surface area contributed by atoms with Gasteiger partial charge in [0, 0.05) is 29.0 Å². The van der Waals surface area contributed by atoms with Crippen molar-refractivity contribution in [1.82, 2.24) is 19.9 Å². The summed E-state index contributed by atoms with van der Waals surface area (Å²) >= 11 is 1.09. The molecular formula is C23H27N5O2S. The largest absolute Gasteiger partial charge is 0.349 e. The molecule has 0 aliphatic heterocycles. The summed E-state index contributed by atoms with van der Waals surface area (Å²) in [6.45, 7) is 9.93. The molecule has 3 aromatic rings. The van der Waals surface area contributed by atoms with E-state index in [-0.39, 0.29) is 11.6 Å². The monoisotopic (exact) mass is 437 g/mol. The van der Waals surface area contributed by atoms with Crippen LogP contribution in [0.2, 0.25) is 0 Å². The molecule has 0 aliphatic rings. The minimum absolute atomic E-state index is 0.195. The lowest BCUT2D eigenvalue weighted by Crippen LogP contribution is -2.49. The molecule has 1 N–H and O–H groups in total. The minimum Gasteiger partial charge on any atom is -0.349 e. The number of hydrogen-bond donors (Lipinski definition) is 1. The molecule has 0 aliphatic carbocycles. The Balaban J connectivity index is 2.14. The number of amides is 2. The fourth-order valence-corrected chi connectivity index (χ4v) is 3.62. The van der Waals surface area contributed by atoms with Gasteiger partial charge in [-0.2, -0.15) is 0 Å². The Morgan fingerprint density at radius 1 is 1.00 bits per heavy atom. The number of carbonyl (C=O) groups excluding carboxylic acids is 2. The van der Waals surface area contributed by atoms with Crippen molar-refractivity contribution in [2.75, 3.05) is 4.90 Å². The topological polar surface area (TPSA) is 88.1 Å². The van der Waals surface area contributed by atoms with Crippen LogP contribution in [0.25, 0.3) is 0 Å². The Labute approximate surface area is 186 Å². The van der Waals surface area contributed by atoms with Crippen molar-refractivity contribution in [3.63, 3.8) is 0 Å². The Morgan fingerprint density at radius 3 is 2.16 bits per heavy atom. The summed E-state index contributed by atoms with van der Waals surface area (Å²) in [6, 6.07) is 10.3. The van der Waals surface area contributed by atoms with Crippen LogP contribution in [0.5, 0.6) is 0 Å². The Bertz CT molecular complexity index is 1010. The number of hydrogen-bond acceptors (Lipinski definition) is 6. The maximum absolute atomic E-state index is 13.5. The van der Waals surface area contributed by atoms with Crippen molar-refractivity contribution in [3.8, 4) is 0 Å². The van der Waals surface area contributed by atoms with Crippen LogP contribution < -0.4 is 10.2 Å². The lowest BCUT2D eigenvalue weighted by Gasteiger charge is -2.33. The van der Waals surface area contributed by atoms with Crippen molar-refractivity contribution in [2.24, 2.45) is 0 Å². The molecule has 2 amide bonds. The van der Waals surface area contributed by atoms with Gasteiger partial charge in [0.05, 0.1) is 0 Å². The molecule has 0 saturated heterocycles. The van der Waals surface area contributed by atoms with E-state index in [2.05, 4.69) is 33.7 Å². The molecule has 0 radical (unpaired) electrons. The molecule has 0 fully saturated rings. The first-order valence-corrected chi connectivity index (χ1v) is 10.9. The molecule has 31 heavy (non-hydrogen) atoms.